The van der Waals surface area contributed by atoms with Gasteiger partial charge in [0.25, 0.3) is 11.8 Å². The molecule has 146 valence electrons. The number of fused-ring (bicyclic) bond motifs is 1. The number of carbonyl (C=O) groups excluding carboxylic acids is 2. The van der Waals surface area contributed by atoms with Gasteiger partial charge in [-0.2, -0.15) is 0 Å². The highest BCUT2D eigenvalue weighted by Gasteiger charge is 2.51. The molecule has 0 aliphatic carbocycles. The van der Waals surface area contributed by atoms with Gasteiger partial charge in [0.1, 0.15) is 0 Å². The van der Waals surface area contributed by atoms with Gasteiger partial charge < -0.3 is 20.4 Å². The third-order valence-corrected chi connectivity index (χ3v) is 5.07. The maximum absolute atomic E-state index is 12.8. The second-order valence-electron chi connectivity index (χ2n) is 6.91. The Hall–Kier alpha value is -2.96. The van der Waals surface area contributed by atoms with Crippen molar-refractivity contribution in [2.45, 2.75) is 18.9 Å². The van der Waals surface area contributed by atoms with Gasteiger partial charge in [0.15, 0.2) is 5.60 Å². The summed E-state index contributed by atoms with van der Waals surface area (Å²) in [5.41, 5.74) is 0.343. The summed E-state index contributed by atoms with van der Waals surface area (Å²) in [7, 11) is 1.62. The van der Waals surface area contributed by atoms with E-state index in [0.717, 1.165) is 0 Å². The van der Waals surface area contributed by atoms with Gasteiger partial charge in [0, 0.05) is 36.4 Å². The molecule has 0 spiro atoms. The lowest BCUT2D eigenvalue weighted by Crippen LogP contribution is -2.43. The maximum atomic E-state index is 12.8. The molecule has 1 aliphatic heterocycles. The minimum absolute atomic E-state index is 0.00174. The minimum atomic E-state index is -1.73. The van der Waals surface area contributed by atoms with Gasteiger partial charge in [-0.05, 0) is 36.8 Å². The monoisotopic (exact) mass is 380 g/mol. The van der Waals surface area contributed by atoms with E-state index in [9.17, 15) is 14.7 Å². The molecule has 3 N–H and O–H groups in total. The van der Waals surface area contributed by atoms with E-state index in [4.69, 9.17) is 5.11 Å². The summed E-state index contributed by atoms with van der Waals surface area (Å²) in [6, 6.07) is 13.9. The zero-order chi connectivity index (χ0) is 20.3. The number of nitrogens with one attached hydrogen (secondary N) is 1. The predicted molar refractivity (Wildman–Crippen MR) is 108 cm³/mol. The molecule has 0 saturated heterocycles. The number of aliphatic hydroxyl groups excluding tert-OH is 1. The molecule has 0 unspecified atom stereocenters. The number of benzene rings is 2. The van der Waals surface area contributed by atoms with Crippen LogP contribution in [0.15, 0.2) is 60.7 Å². The van der Waals surface area contributed by atoms with Crippen molar-refractivity contribution in [2.75, 3.05) is 23.9 Å². The SMILES string of the molecule is C[C@H](/C=C/CCO)[C@@]1(O)C(=O)N(C)c2ccc(NC(=O)c3ccccc3)cc21. The third-order valence-electron chi connectivity index (χ3n) is 5.07. The fourth-order valence-corrected chi connectivity index (χ4v) is 3.44. The first kappa shape index (κ1) is 19.8. The minimum Gasteiger partial charge on any atom is -0.396 e. The average Bonchev–Trinajstić information content (AvgIpc) is 2.90. The standard InChI is InChI=1S/C22H24N2O4/c1-15(8-6-7-13-25)22(28)18-14-17(11-12-19(18)24(2)21(22)27)23-20(26)16-9-4-3-5-10-16/h3-6,8-12,14-15,25,28H,7,13H2,1-2H3,(H,23,26)/b8-6+/t15-,22+/m1/s1. The molecular weight excluding hydrogens is 356 g/mol. The molecule has 1 heterocycles. The Kier molecular flexibility index (Phi) is 5.63. The molecule has 0 aromatic heterocycles. The van der Waals surface area contributed by atoms with Crippen molar-refractivity contribution >= 4 is 23.2 Å². The van der Waals surface area contributed by atoms with E-state index in [1.54, 1.807) is 68.6 Å². The largest absolute Gasteiger partial charge is 0.396 e. The highest BCUT2D eigenvalue weighted by Crippen LogP contribution is 2.45. The quantitative estimate of drug-likeness (QED) is 0.672. The fraction of sp³-hybridized carbons (Fsp3) is 0.273. The molecular formula is C22H24N2O4. The van der Waals surface area contributed by atoms with Gasteiger partial charge in [-0.3, -0.25) is 9.59 Å². The Morgan fingerprint density at radius 2 is 1.96 bits per heavy atom. The molecule has 0 saturated carbocycles. The van der Waals surface area contributed by atoms with Crippen molar-refractivity contribution in [3.05, 3.63) is 71.8 Å². The Labute approximate surface area is 164 Å². The molecule has 2 atom stereocenters. The molecule has 0 bridgehead atoms. The highest BCUT2D eigenvalue weighted by atomic mass is 16.3. The molecule has 2 aromatic rings. The van der Waals surface area contributed by atoms with Crippen molar-refractivity contribution in [2.24, 2.45) is 5.92 Å². The van der Waals surface area contributed by atoms with Gasteiger partial charge in [-0.25, -0.2) is 0 Å². The first-order valence-corrected chi connectivity index (χ1v) is 9.18. The lowest BCUT2D eigenvalue weighted by molar-refractivity contribution is -0.139. The Morgan fingerprint density at radius 1 is 1.25 bits per heavy atom. The van der Waals surface area contributed by atoms with E-state index < -0.39 is 17.4 Å². The maximum Gasteiger partial charge on any atom is 0.264 e. The van der Waals surface area contributed by atoms with Gasteiger partial charge in [0.2, 0.25) is 0 Å². The number of amides is 2. The van der Waals surface area contributed by atoms with Crippen LogP contribution in [-0.4, -0.2) is 35.7 Å². The lowest BCUT2D eigenvalue weighted by Gasteiger charge is -2.27. The zero-order valence-electron chi connectivity index (χ0n) is 15.9. The van der Waals surface area contributed by atoms with Crippen LogP contribution in [0.3, 0.4) is 0 Å². The molecule has 1 aliphatic rings. The van der Waals surface area contributed by atoms with E-state index in [1.807, 2.05) is 6.07 Å². The van der Waals surface area contributed by atoms with Gasteiger partial charge in [-0.1, -0.05) is 37.3 Å². The molecule has 28 heavy (non-hydrogen) atoms. The summed E-state index contributed by atoms with van der Waals surface area (Å²) in [4.78, 5) is 26.7. The van der Waals surface area contributed by atoms with Crippen LogP contribution in [0.5, 0.6) is 0 Å². The van der Waals surface area contributed by atoms with Crippen LogP contribution in [0.4, 0.5) is 11.4 Å². The van der Waals surface area contributed by atoms with Crippen LogP contribution in [0.1, 0.15) is 29.3 Å². The second kappa shape index (κ2) is 7.96. The topological polar surface area (TPSA) is 89.9 Å². The van der Waals surface area contributed by atoms with Crippen molar-refractivity contribution in [3.8, 4) is 0 Å². The molecule has 3 rings (SSSR count). The Balaban J connectivity index is 1.93. The normalized spacial score (nSPS) is 19.7. The number of likely N-dealkylation sites (N-methyl/N-ethyl adjacent to an activating group) is 1. The average molecular weight is 380 g/mol. The van der Waals surface area contributed by atoms with E-state index in [2.05, 4.69) is 5.32 Å². The van der Waals surface area contributed by atoms with Crippen LogP contribution < -0.4 is 10.2 Å². The van der Waals surface area contributed by atoms with E-state index in [0.29, 0.717) is 28.9 Å². The summed E-state index contributed by atoms with van der Waals surface area (Å²) >= 11 is 0. The number of aliphatic hydroxyl groups is 2. The van der Waals surface area contributed by atoms with Crippen molar-refractivity contribution < 1.29 is 19.8 Å². The third kappa shape index (κ3) is 3.44. The van der Waals surface area contributed by atoms with Crippen LogP contribution in [0.2, 0.25) is 0 Å². The zero-order valence-corrected chi connectivity index (χ0v) is 15.9. The molecule has 6 heteroatoms. The van der Waals surface area contributed by atoms with Gasteiger partial charge in [0.05, 0.1) is 5.69 Å². The van der Waals surface area contributed by atoms with E-state index in [1.165, 1.54) is 4.90 Å². The van der Waals surface area contributed by atoms with Crippen LogP contribution >= 0.6 is 0 Å². The smallest absolute Gasteiger partial charge is 0.264 e. The fourth-order valence-electron chi connectivity index (χ4n) is 3.44. The first-order valence-electron chi connectivity index (χ1n) is 9.18. The predicted octanol–water partition coefficient (Wildman–Crippen LogP) is 2.68. The number of rotatable bonds is 6. The summed E-state index contributed by atoms with van der Waals surface area (Å²) in [5.74, 6) is -1.19. The molecule has 6 nitrogen and oxygen atoms in total. The summed E-state index contributed by atoms with van der Waals surface area (Å²) in [6.45, 7) is 1.76. The second-order valence-corrected chi connectivity index (χ2v) is 6.91. The van der Waals surface area contributed by atoms with E-state index >= 15 is 0 Å². The number of carbonyl (C=O) groups is 2. The lowest BCUT2D eigenvalue weighted by atomic mass is 9.82. The summed E-state index contributed by atoms with van der Waals surface area (Å²) < 4.78 is 0. The van der Waals surface area contributed by atoms with Crippen LogP contribution in [-0.2, 0) is 10.4 Å². The molecule has 2 aromatic carbocycles. The highest BCUT2D eigenvalue weighted by molar-refractivity contribution is 6.08. The first-order chi connectivity index (χ1) is 13.4. The number of hydrogen-bond acceptors (Lipinski definition) is 4. The van der Waals surface area contributed by atoms with Gasteiger partial charge in [-0.15, -0.1) is 0 Å². The van der Waals surface area contributed by atoms with Crippen LogP contribution in [0.25, 0.3) is 0 Å². The van der Waals surface area contributed by atoms with Crippen molar-refractivity contribution in [1.29, 1.82) is 0 Å². The number of anilines is 2. The Morgan fingerprint density at radius 3 is 2.64 bits per heavy atom. The number of hydrogen-bond donors (Lipinski definition) is 3. The molecule has 2 amide bonds. The van der Waals surface area contributed by atoms with Crippen molar-refractivity contribution in [3.63, 3.8) is 0 Å². The van der Waals surface area contributed by atoms with Gasteiger partial charge >= 0.3 is 0 Å². The Bertz CT molecular complexity index is 910. The molecule has 0 radical (unpaired) electrons. The summed E-state index contributed by atoms with van der Waals surface area (Å²) in [5, 5.41) is 23.1. The number of nitrogens with zero attached hydrogens (tertiary/aromatic N) is 1. The van der Waals surface area contributed by atoms with Crippen molar-refractivity contribution in [1.82, 2.24) is 0 Å². The van der Waals surface area contributed by atoms with E-state index in [-0.39, 0.29) is 12.5 Å². The molecule has 0 fully saturated rings. The van der Waals surface area contributed by atoms with Crippen LogP contribution in [0, 0.1) is 5.92 Å². The summed E-state index contributed by atoms with van der Waals surface area (Å²) in [6.07, 6.45) is 3.92.